The molecule has 0 radical (unpaired) electrons. The van der Waals surface area contributed by atoms with E-state index >= 15 is 0 Å². The summed E-state index contributed by atoms with van der Waals surface area (Å²) in [6.07, 6.45) is 3.08. The minimum atomic E-state index is -3.84. The molecule has 2 saturated heterocycles. The Balaban J connectivity index is 1.56. The average molecular weight is 503 g/mol. The number of thiophene rings is 1. The summed E-state index contributed by atoms with van der Waals surface area (Å²) >= 11 is 7.09. The van der Waals surface area contributed by atoms with Crippen molar-refractivity contribution in [3.63, 3.8) is 0 Å². The van der Waals surface area contributed by atoms with E-state index in [0.717, 1.165) is 5.41 Å². The summed E-state index contributed by atoms with van der Waals surface area (Å²) in [6.45, 7) is 2.75. The van der Waals surface area contributed by atoms with E-state index in [0.29, 0.717) is 48.1 Å². The van der Waals surface area contributed by atoms with Gasteiger partial charge in [0.1, 0.15) is 6.04 Å². The maximum absolute atomic E-state index is 12.8. The quantitative estimate of drug-likeness (QED) is 0.606. The fourth-order valence-electron chi connectivity index (χ4n) is 3.82. The zero-order chi connectivity index (χ0) is 23.5. The van der Waals surface area contributed by atoms with Crippen LogP contribution < -0.4 is 4.72 Å². The number of amides is 3. The van der Waals surface area contributed by atoms with E-state index in [1.54, 1.807) is 29.0 Å². The summed E-state index contributed by atoms with van der Waals surface area (Å²) in [5.41, 5.74) is 0. The van der Waals surface area contributed by atoms with Crippen LogP contribution in [0.5, 0.6) is 0 Å². The summed E-state index contributed by atoms with van der Waals surface area (Å²) in [5.74, 6) is -0.657. The van der Waals surface area contributed by atoms with Gasteiger partial charge in [-0.15, -0.1) is 11.3 Å². The molecule has 2 aliphatic heterocycles. The van der Waals surface area contributed by atoms with Crippen LogP contribution in [0.25, 0.3) is 6.08 Å². The minimum Gasteiger partial charge on any atom is -0.341 e. The zero-order valence-corrected chi connectivity index (χ0v) is 20.4. The molecule has 32 heavy (non-hydrogen) atoms. The van der Waals surface area contributed by atoms with Gasteiger partial charge in [0.05, 0.1) is 16.9 Å². The number of rotatable bonds is 7. The van der Waals surface area contributed by atoms with Gasteiger partial charge < -0.3 is 14.7 Å². The Morgan fingerprint density at radius 3 is 2.72 bits per heavy atom. The molecule has 0 spiro atoms. The summed E-state index contributed by atoms with van der Waals surface area (Å²) in [6, 6.07) is 2.44. The molecule has 12 heteroatoms. The molecular formula is C20H27ClN4O5S2. The van der Waals surface area contributed by atoms with Gasteiger partial charge in [-0.25, -0.2) is 8.42 Å². The average Bonchev–Trinajstić information content (AvgIpc) is 3.38. The number of likely N-dealkylation sites (N-methyl/N-ethyl adjacent to an activating group) is 1. The summed E-state index contributed by atoms with van der Waals surface area (Å²) in [7, 11) is -2.13. The van der Waals surface area contributed by atoms with Gasteiger partial charge in [-0.1, -0.05) is 11.6 Å². The summed E-state index contributed by atoms with van der Waals surface area (Å²) < 4.78 is 27.8. The highest BCUT2D eigenvalue weighted by molar-refractivity contribution is 7.92. The number of sulfonamides is 1. The zero-order valence-electron chi connectivity index (χ0n) is 18.0. The molecule has 2 aliphatic rings. The number of carbonyl (C=O) groups is 3. The van der Waals surface area contributed by atoms with Crippen LogP contribution in [0.3, 0.4) is 0 Å². The standard InChI is InChI=1S/C20H27ClN4O5S2/c1-14(26)23(2)15-7-10-24(12-15)19(27)13-25-9-3-4-17(20(25)28)22-32(29,30)11-8-16-5-6-18(21)31-16/h5-6,8,11,15,17,22H,3-4,7,9-10,12-13H2,1-2H3/t15?,17-/m0/s1. The van der Waals surface area contributed by atoms with E-state index < -0.39 is 22.0 Å². The minimum absolute atomic E-state index is 0.0296. The second-order valence-electron chi connectivity index (χ2n) is 7.97. The van der Waals surface area contributed by atoms with Crippen LogP contribution in [0, 0.1) is 0 Å². The van der Waals surface area contributed by atoms with Crippen molar-refractivity contribution in [2.45, 2.75) is 38.3 Å². The maximum atomic E-state index is 12.8. The second-order valence-corrected chi connectivity index (χ2v) is 11.3. The molecular weight excluding hydrogens is 476 g/mol. The Morgan fingerprint density at radius 2 is 2.06 bits per heavy atom. The first-order valence-electron chi connectivity index (χ1n) is 10.3. The first-order valence-corrected chi connectivity index (χ1v) is 13.1. The first kappa shape index (κ1) is 24.7. The predicted octanol–water partition coefficient (Wildman–Crippen LogP) is 1.36. The van der Waals surface area contributed by atoms with E-state index in [1.165, 1.54) is 29.2 Å². The van der Waals surface area contributed by atoms with Crippen LogP contribution in [-0.4, -0.2) is 86.1 Å². The Hall–Kier alpha value is -1.95. The van der Waals surface area contributed by atoms with Crippen molar-refractivity contribution < 1.29 is 22.8 Å². The third-order valence-corrected chi connectivity index (χ3v) is 8.03. The molecule has 1 aromatic heterocycles. The van der Waals surface area contributed by atoms with Crippen molar-refractivity contribution >= 4 is 56.8 Å². The third kappa shape index (κ3) is 6.31. The monoisotopic (exact) mass is 502 g/mol. The third-order valence-electron chi connectivity index (χ3n) is 5.73. The van der Waals surface area contributed by atoms with Crippen molar-refractivity contribution in [1.29, 1.82) is 0 Å². The molecule has 0 saturated carbocycles. The number of hydrogen-bond donors (Lipinski definition) is 1. The van der Waals surface area contributed by atoms with Crippen LogP contribution in [0.15, 0.2) is 17.5 Å². The lowest BCUT2D eigenvalue weighted by molar-refractivity contribution is -0.142. The maximum Gasteiger partial charge on any atom is 0.242 e. The Kier molecular flexibility index (Phi) is 7.97. The van der Waals surface area contributed by atoms with Gasteiger partial charge >= 0.3 is 0 Å². The normalized spacial score (nSPS) is 22.0. The molecule has 0 aliphatic carbocycles. The fourth-order valence-corrected chi connectivity index (χ4v) is 5.89. The molecule has 3 rings (SSSR count). The topological polar surface area (TPSA) is 107 Å². The number of carbonyl (C=O) groups excluding carboxylic acids is 3. The number of hydrogen-bond acceptors (Lipinski definition) is 6. The summed E-state index contributed by atoms with van der Waals surface area (Å²) in [5, 5.41) is 1.02. The lowest BCUT2D eigenvalue weighted by atomic mass is 10.1. The van der Waals surface area contributed by atoms with Gasteiger partial charge in [0.2, 0.25) is 27.7 Å². The molecule has 9 nitrogen and oxygen atoms in total. The highest BCUT2D eigenvalue weighted by atomic mass is 35.5. The van der Waals surface area contributed by atoms with Crippen LogP contribution in [-0.2, 0) is 24.4 Å². The van der Waals surface area contributed by atoms with E-state index in [4.69, 9.17) is 11.6 Å². The van der Waals surface area contributed by atoms with Gasteiger partial charge in [-0.05, 0) is 37.5 Å². The van der Waals surface area contributed by atoms with E-state index in [9.17, 15) is 22.8 Å². The highest BCUT2D eigenvalue weighted by Crippen LogP contribution is 2.23. The van der Waals surface area contributed by atoms with Gasteiger partial charge in [-0.2, -0.15) is 4.72 Å². The Bertz CT molecular complexity index is 1010. The van der Waals surface area contributed by atoms with Gasteiger partial charge in [0, 0.05) is 43.9 Å². The van der Waals surface area contributed by atoms with Crippen molar-refractivity contribution in [2.75, 3.05) is 33.2 Å². The van der Waals surface area contributed by atoms with Gasteiger partial charge in [0.15, 0.2) is 0 Å². The molecule has 3 heterocycles. The lowest BCUT2D eigenvalue weighted by Gasteiger charge is -2.33. The fraction of sp³-hybridized carbons (Fsp3) is 0.550. The number of piperidine rings is 1. The van der Waals surface area contributed by atoms with E-state index in [2.05, 4.69) is 4.72 Å². The SMILES string of the molecule is CC(=O)N(C)C1CCN(C(=O)CN2CCC[C@H](NS(=O)(=O)C=Cc3ccc(Cl)s3)C2=O)C1. The molecule has 0 bridgehead atoms. The van der Waals surface area contributed by atoms with E-state index in [1.807, 2.05) is 0 Å². The van der Waals surface area contributed by atoms with Crippen LogP contribution in [0.2, 0.25) is 4.34 Å². The second kappa shape index (κ2) is 10.3. The number of likely N-dealkylation sites (tertiary alicyclic amines) is 2. The van der Waals surface area contributed by atoms with Crippen molar-refractivity contribution in [2.24, 2.45) is 0 Å². The predicted molar refractivity (Wildman–Crippen MR) is 123 cm³/mol. The van der Waals surface area contributed by atoms with Crippen LogP contribution in [0.1, 0.15) is 31.1 Å². The molecule has 1 N–H and O–H groups in total. The molecule has 2 fully saturated rings. The number of halogens is 1. The number of nitrogens with one attached hydrogen (secondary N) is 1. The van der Waals surface area contributed by atoms with E-state index in [-0.39, 0.29) is 24.4 Å². The molecule has 0 aromatic carbocycles. The van der Waals surface area contributed by atoms with Crippen molar-refractivity contribution in [1.82, 2.24) is 19.4 Å². The Morgan fingerprint density at radius 1 is 1.31 bits per heavy atom. The molecule has 2 atom stereocenters. The lowest BCUT2D eigenvalue weighted by Crippen LogP contribution is -2.54. The molecule has 1 unspecified atom stereocenters. The highest BCUT2D eigenvalue weighted by Gasteiger charge is 2.35. The van der Waals surface area contributed by atoms with Crippen LogP contribution in [0.4, 0.5) is 0 Å². The van der Waals surface area contributed by atoms with Gasteiger partial charge in [0.25, 0.3) is 0 Å². The molecule has 176 valence electrons. The first-order chi connectivity index (χ1) is 15.1. The van der Waals surface area contributed by atoms with Gasteiger partial charge in [-0.3, -0.25) is 14.4 Å². The smallest absolute Gasteiger partial charge is 0.242 e. The molecule has 3 amide bonds. The summed E-state index contributed by atoms with van der Waals surface area (Å²) in [4.78, 5) is 42.5. The Labute approximate surface area is 197 Å². The number of nitrogens with zero attached hydrogens (tertiary/aromatic N) is 3. The van der Waals surface area contributed by atoms with Crippen molar-refractivity contribution in [3.05, 3.63) is 26.8 Å². The van der Waals surface area contributed by atoms with Crippen LogP contribution >= 0.6 is 22.9 Å². The van der Waals surface area contributed by atoms with Crippen molar-refractivity contribution in [3.8, 4) is 0 Å². The largest absolute Gasteiger partial charge is 0.341 e. The molecule has 1 aromatic rings.